The van der Waals surface area contributed by atoms with E-state index in [1.165, 1.54) is 0 Å². The maximum atomic E-state index is 14.4. The second kappa shape index (κ2) is 17.7. The van der Waals surface area contributed by atoms with Crippen LogP contribution >= 0.6 is 19.1 Å². The minimum atomic E-state index is -4.55. The summed E-state index contributed by atoms with van der Waals surface area (Å²) in [5.41, 5.74) is 9.35. The average Bonchev–Trinajstić information content (AvgIpc) is 3.78. The first-order valence-electron chi connectivity index (χ1n) is 18.9. The first kappa shape index (κ1) is 40.3. The van der Waals surface area contributed by atoms with E-state index in [1.54, 1.807) is 36.5 Å². The van der Waals surface area contributed by atoms with Crippen LogP contribution < -0.4 is 21.7 Å². The predicted molar refractivity (Wildman–Crippen MR) is 226 cm³/mol. The number of rotatable bonds is 16. The van der Waals surface area contributed by atoms with Crippen molar-refractivity contribution < 1.29 is 33.4 Å². The maximum Gasteiger partial charge on any atom is 0.408 e. The number of nitrogens with one attached hydrogen (secondary N) is 4. The van der Waals surface area contributed by atoms with Gasteiger partial charge in [-0.3, -0.25) is 18.9 Å². The summed E-state index contributed by atoms with van der Waals surface area (Å²) in [7, 11) is -4.55. The van der Waals surface area contributed by atoms with Crippen molar-refractivity contribution in [3.05, 3.63) is 155 Å². The van der Waals surface area contributed by atoms with Crippen LogP contribution in [0, 0.1) is 0 Å². The van der Waals surface area contributed by atoms with Gasteiger partial charge in [-0.1, -0.05) is 133 Å². The number of carbonyl (C=O) groups excluding carboxylic acids is 4. The van der Waals surface area contributed by atoms with E-state index in [4.69, 9.17) is 10.5 Å². The van der Waals surface area contributed by atoms with Gasteiger partial charge in [-0.15, -0.1) is 0 Å². The topological polar surface area (TPSA) is 193 Å². The highest BCUT2D eigenvalue weighted by Crippen LogP contribution is 2.55. The molecular formula is C44H44N5O7PS. The van der Waals surface area contributed by atoms with Crippen molar-refractivity contribution in [1.82, 2.24) is 20.9 Å². The van der Waals surface area contributed by atoms with Crippen LogP contribution in [0.15, 0.2) is 139 Å². The second-order valence-corrected chi connectivity index (χ2v) is 18.3. The van der Waals surface area contributed by atoms with Crippen molar-refractivity contribution in [3.8, 4) is 11.1 Å². The summed E-state index contributed by atoms with van der Waals surface area (Å²) >= 11 is 0.951. The molecule has 58 heavy (non-hydrogen) atoms. The van der Waals surface area contributed by atoms with Crippen LogP contribution in [0.3, 0.4) is 0 Å². The Bertz CT molecular complexity index is 2400. The van der Waals surface area contributed by atoms with Gasteiger partial charge in [0.2, 0.25) is 25.1 Å². The maximum absolute atomic E-state index is 14.4. The minimum absolute atomic E-state index is 0.0684. The number of ether oxygens (including phenoxy) is 1. The first-order valence-corrected chi connectivity index (χ1v) is 21.7. The highest BCUT2D eigenvalue weighted by Gasteiger charge is 2.63. The molecule has 1 heterocycles. The van der Waals surface area contributed by atoms with Crippen molar-refractivity contribution in [2.45, 2.75) is 54.9 Å². The number of benzene rings is 4. The number of primary amides is 1. The SMILES string of the molecule is NC(=O)[C@H](Cc1ccc(-c2ccccc2)cc1)NC(=O)C1(NC(=O)CP(=O)(O)C(NC(=O)OCc2ccccc2)SC2=CCCC=C2)CC1c1c[nH]c2ccccc12. The van der Waals surface area contributed by atoms with E-state index >= 15 is 0 Å². The number of allylic oxidation sites excluding steroid dienone is 3. The molecule has 0 saturated heterocycles. The standard InChI is InChI=1S/C44H44N5O7PS/c45-40(51)38(24-29-20-22-32(23-21-29)31-14-6-2-7-15-31)47-41(52)44(25-36(44)35-26-46-37-19-11-10-18-34(35)37)49-39(50)28-57(54,55)43(58-33-16-8-3-9-17-33)48-42(53)56-27-30-12-4-1-5-13-30/h1-2,4-8,10-23,26,36,38,43,46H,3,9,24-25,27-28H2,(H2,45,51)(H,47,52)(H,48,53)(H,49,50)(H,54,55)/t36?,38-,43?,44?/m0/s1. The van der Waals surface area contributed by atoms with Crippen LogP contribution in [0.2, 0.25) is 0 Å². The minimum Gasteiger partial charge on any atom is -0.445 e. The van der Waals surface area contributed by atoms with Crippen LogP contribution in [0.4, 0.5) is 4.79 Å². The highest BCUT2D eigenvalue weighted by atomic mass is 32.2. The molecule has 0 aliphatic heterocycles. The van der Waals surface area contributed by atoms with Gasteiger partial charge in [0, 0.05) is 34.3 Å². The fourth-order valence-corrected chi connectivity index (χ4v) is 10.1. The fourth-order valence-electron chi connectivity index (χ4n) is 7.14. The number of amides is 4. The summed E-state index contributed by atoms with van der Waals surface area (Å²) in [4.78, 5) is 69.5. The van der Waals surface area contributed by atoms with Crippen LogP contribution in [0.5, 0.6) is 0 Å². The number of thioether (sulfide) groups is 1. The molecular weight excluding hydrogens is 774 g/mol. The third-order valence-electron chi connectivity index (χ3n) is 10.3. The van der Waals surface area contributed by atoms with Crippen LogP contribution in [-0.4, -0.2) is 56.5 Å². The Balaban J connectivity index is 1.10. The average molecular weight is 818 g/mol. The number of hydrogen-bond acceptors (Lipinski definition) is 7. The van der Waals surface area contributed by atoms with Crippen molar-refractivity contribution in [2.24, 2.45) is 5.73 Å². The molecule has 0 radical (unpaired) electrons. The largest absolute Gasteiger partial charge is 0.445 e. The fraction of sp³-hybridized carbons (Fsp3) is 0.227. The number of aromatic amines is 1. The summed E-state index contributed by atoms with van der Waals surface area (Å²) in [6.07, 6.45) is 7.29. The Labute approximate surface area is 340 Å². The normalized spacial score (nSPS) is 19.2. The van der Waals surface area contributed by atoms with E-state index in [0.29, 0.717) is 11.3 Å². The third kappa shape index (κ3) is 9.62. The van der Waals surface area contributed by atoms with Gasteiger partial charge in [-0.2, -0.15) is 0 Å². The van der Waals surface area contributed by atoms with Crippen molar-refractivity contribution >= 4 is 53.8 Å². The number of hydrogen-bond donors (Lipinski definition) is 6. The molecule has 1 saturated carbocycles. The zero-order valence-electron chi connectivity index (χ0n) is 31.5. The number of H-pyrrole nitrogens is 1. The zero-order valence-corrected chi connectivity index (χ0v) is 33.2. The van der Waals surface area contributed by atoms with Crippen LogP contribution in [-0.2, 0) is 36.7 Å². The van der Waals surface area contributed by atoms with E-state index in [9.17, 15) is 28.6 Å². The molecule has 4 aromatic carbocycles. The summed E-state index contributed by atoms with van der Waals surface area (Å²) < 4.78 is 19.5. The molecule has 0 bridgehead atoms. The molecule has 4 amide bonds. The van der Waals surface area contributed by atoms with E-state index in [1.807, 2.05) is 97.1 Å². The van der Waals surface area contributed by atoms with Crippen LogP contribution in [0.25, 0.3) is 22.0 Å². The Hall–Kier alpha value is -5.88. The lowest BCUT2D eigenvalue weighted by atomic mass is 9.99. The quantitative estimate of drug-likeness (QED) is 0.0461. The number of alkyl carbamates (subject to hydrolysis) is 1. The van der Waals surface area contributed by atoms with Gasteiger partial charge in [0.25, 0.3) is 0 Å². The van der Waals surface area contributed by atoms with Crippen LogP contribution in [0.1, 0.15) is 41.9 Å². The summed E-state index contributed by atoms with van der Waals surface area (Å²) in [5, 5.41) is 7.48. The van der Waals surface area contributed by atoms with E-state index in [-0.39, 0.29) is 19.4 Å². The van der Waals surface area contributed by atoms with E-state index < -0.39 is 60.0 Å². The second-order valence-electron chi connectivity index (χ2n) is 14.4. The lowest BCUT2D eigenvalue weighted by Crippen LogP contribution is -2.56. The molecule has 0 spiro atoms. The molecule has 1 aromatic heterocycles. The summed E-state index contributed by atoms with van der Waals surface area (Å²) in [5.74, 6) is -2.84. The monoisotopic (exact) mass is 817 g/mol. The van der Waals surface area contributed by atoms with Gasteiger partial charge in [-0.05, 0) is 53.1 Å². The molecule has 4 unspecified atom stereocenters. The summed E-state index contributed by atoms with van der Waals surface area (Å²) in [6.45, 7) is -0.0684. The van der Waals surface area contributed by atoms with Crippen molar-refractivity contribution in [3.63, 3.8) is 0 Å². The highest BCUT2D eigenvalue weighted by molar-refractivity contribution is 8.09. The van der Waals surface area contributed by atoms with Gasteiger partial charge >= 0.3 is 6.09 Å². The number of fused-ring (bicyclic) bond motifs is 1. The summed E-state index contributed by atoms with van der Waals surface area (Å²) in [6, 6.07) is 32.8. The van der Waals surface area contributed by atoms with E-state index in [0.717, 1.165) is 56.9 Å². The van der Waals surface area contributed by atoms with Gasteiger partial charge in [-0.25, -0.2) is 4.79 Å². The Morgan fingerprint density at radius 2 is 1.57 bits per heavy atom. The van der Waals surface area contributed by atoms with Gasteiger partial charge in [0.05, 0.1) is 0 Å². The zero-order chi connectivity index (χ0) is 40.7. The van der Waals surface area contributed by atoms with Gasteiger partial charge in [0.15, 0.2) is 5.11 Å². The lowest BCUT2D eigenvalue weighted by molar-refractivity contribution is -0.131. The first-order chi connectivity index (χ1) is 28.0. The van der Waals surface area contributed by atoms with E-state index in [2.05, 4.69) is 20.9 Å². The molecule has 298 valence electrons. The molecule has 5 aromatic rings. The molecule has 7 rings (SSSR count). The van der Waals surface area contributed by atoms with Crippen molar-refractivity contribution in [2.75, 3.05) is 6.16 Å². The lowest BCUT2D eigenvalue weighted by Gasteiger charge is -2.26. The van der Waals surface area contributed by atoms with Gasteiger partial charge < -0.3 is 36.3 Å². The molecule has 12 nitrogen and oxygen atoms in total. The third-order valence-corrected chi connectivity index (χ3v) is 14.1. The number of carbonyl (C=O) groups is 4. The Morgan fingerprint density at radius 3 is 2.28 bits per heavy atom. The molecule has 2 aliphatic carbocycles. The molecule has 14 heteroatoms. The van der Waals surface area contributed by atoms with Crippen molar-refractivity contribution in [1.29, 1.82) is 0 Å². The van der Waals surface area contributed by atoms with Gasteiger partial charge in [0.1, 0.15) is 24.3 Å². The molecule has 2 aliphatic rings. The molecule has 1 fully saturated rings. The number of nitrogens with two attached hydrogens (primary N) is 1. The smallest absolute Gasteiger partial charge is 0.408 e. The molecule has 5 atom stereocenters. The number of para-hydroxylation sites is 1. The number of aromatic nitrogens is 1. The Morgan fingerprint density at radius 1 is 0.879 bits per heavy atom. The Kier molecular flexibility index (Phi) is 12.3. The molecule has 7 N–H and O–H groups in total. The predicted octanol–water partition coefficient (Wildman–Crippen LogP) is 6.84.